The maximum absolute atomic E-state index is 12.8. The molecule has 24 heavy (non-hydrogen) atoms. The van der Waals surface area contributed by atoms with Crippen molar-refractivity contribution >= 4 is 43.4 Å². The minimum atomic E-state index is -0.200. The van der Waals surface area contributed by atoms with Gasteiger partial charge in [-0.2, -0.15) is 0 Å². The molecule has 3 rings (SSSR count). The number of aromatic nitrogens is 2. The molecule has 0 atom stereocenters. The molecule has 5 nitrogen and oxygen atoms in total. The van der Waals surface area contributed by atoms with Crippen LogP contribution >= 0.6 is 27.3 Å². The van der Waals surface area contributed by atoms with E-state index < -0.39 is 0 Å². The molecule has 0 saturated heterocycles. The van der Waals surface area contributed by atoms with E-state index in [1.54, 1.807) is 0 Å². The zero-order chi connectivity index (χ0) is 17.3. The predicted octanol–water partition coefficient (Wildman–Crippen LogP) is 3.41. The number of carbonyl (C=O) groups excluding carboxylic acids is 1. The van der Waals surface area contributed by atoms with Gasteiger partial charge in [-0.05, 0) is 31.5 Å². The van der Waals surface area contributed by atoms with Crippen molar-refractivity contribution in [3.8, 4) is 11.1 Å². The third kappa shape index (κ3) is 3.42. The summed E-state index contributed by atoms with van der Waals surface area (Å²) in [4.78, 5) is 29.8. The van der Waals surface area contributed by atoms with Gasteiger partial charge in [-0.15, -0.1) is 11.3 Å². The highest BCUT2D eigenvalue weighted by molar-refractivity contribution is 9.10. The zero-order valence-electron chi connectivity index (χ0n) is 13.2. The van der Waals surface area contributed by atoms with Crippen molar-refractivity contribution < 1.29 is 4.79 Å². The number of hydrogen-bond acceptors (Lipinski definition) is 4. The first-order valence-electron chi connectivity index (χ1n) is 7.47. The van der Waals surface area contributed by atoms with Crippen LogP contribution in [-0.2, 0) is 11.3 Å². The van der Waals surface area contributed by atoms with Gasteiger partial charge in [0.25, 0.3) is 5.56 Å². The molecule has 1 N–H and O–H groups in total. The van der Waals surface area contributed by atoms with Crippen molar-refractivity contribution in [2.75, 3.05) is 0 Å². The third-order valence-corrected chi connectivity index (χ3v) is 4.89. The van der Waals surface area contributed by atoms with Gasteiger partial charge in [-0.25, -0.2) is 4.98 Å². The van der Waals surface area contributed by atoms with Crippen LogP contribution in [0.2, 0.25) is 0 Å². The molecule has 2 heterocycles. The molecule has 1 aromatic carbocycles. The lowest BCUT2D eigenvalue weighted by molar-refractivity contribution is -0.122. The van der Waals surface area contributed by atoms with Crippen molar-refractivity contribution in [3.63, 3.8) is 0 Å². The SMILES string of the molecule is CC(C)NC(=O)Cn1cnc2scc(-c3ccc(Br)cc3)c2c1=O. The van der Waals surface area contributed by atoms with Crippen LogP contribution in [0, 0.1) is 0 Å². The average Bonchev–Trinajstić information content (AvgIpc) is 2.95. The molecule has 0 aliphatic rings. The Kier molecular flexibility index (Phi) is 4.82. The maximum atomic E-state index is 12.8. The number of fused-ring (bicyclic) bond motifs is 1. The molecule has 0 aliphatic heterocycles. The quantitative estimate of drug-likeness (QED) is 0.722. The van der Waals surface area contributed by atoms with E-state index in [2.05, 4.69) is 26.2 Å². The fourth-order valence-electron chi connectivity index (χ4n) is 2.44. The monoisotopic (exact) mass is 405 g/mol. The Morgan fingerprint density at radius 1 is 1.33 bits per heavy atom. The van der Waals surface area contributed by atoms with Gasteiger partial charge in [0.2, 0.25) is 5.91 Å². The first-order chi connectivity index (χ1) is 11.5. The molecule has 0 bridgehead atoms. The Hall–Kier alpha value is -1.99. The minimum absolute atomic E-state index is 0.0318. The van der Waals surface area contributed by atoms with E-state index in [-0.39, 0.29) is 24.1 Å². The number of hydrogen-bond donors (Lipinski definition) is 1. The molecule has 1 amide bonds. The molecule has 7 heteroatoms. The van der Waals surface area contributed by atoms with Crippen molar-refractivity contribution in [2.24, 2.45) is 0 Å². The number of thiophene rings is 1. The number of carbonyl (C=O) groups is 1. The van der Waals surface area contributed by atoms with Crippen molar-refractivity contribution in [1.82, 2.24) is 14.9 Å². The molecule has 0 spiro atoms. The van der Waals surface area contributed by atoms with Gasteiger partial charge in [-0.1, -0.05) is 28.1 Å². The second-order valence-electron chi connectivity index (χ2n) is 5.74. The highest BCUT2D eigenvalue weighted by Crippen LogP contribution is 2.31. The summed E-state index contributed by atoms with van der Waals surface area (Å²) in [7, 11) is 0. The van der Waals surface area contributed by atoms with Crippen LogP contribution in [0.3, 0.4) is 0 Å². The number of nitrogens with zero attached hydrogens (tertiary/aromatic N) is 2. The third-order valence-electron chi connectivity index (χ3n) is 3.48. The Balaban J connectivity index is 2.04. The van der Waals surface area contributed by atoms with Gasteiger partial charge in [0.15, 0.2) is 0 Å². The highest BCUT2D eigenvalue weighted by Gasteiger charge is 2.14. The summed E-state index contributed by atoms with van der Waals surface area (Å²) in [6, 6.07) is 7.80. The molecule has 0 fully saturated rings. The van der Waals surface area contributed by atoms with Crippen molar-refractivity contribution in [2.45, 2.75) is 26.4 Å². The zero-order valence-corrected chi connectivity index (χ0v) is 15.6. The molecule has 124 valence electrons. The lowest BCUT2D eigenvalue weighted by Gasteiger charge is -2.09. The van der Waals surface area contributed by atoms with E-state index in [0.717, 1.165) is 15.6 Å². The molecule has 0 saturated carbocycles. The Bertz CT molecular complexity index is 945. The van der Waals surface area contributed by atoms with E-state index in [0.29, 0.717) is 10.2 Å². The second-order valence-corrected chi connectivity index (χ2v) is 7.51. The van der Waals surface area contributed by atoms with Crippen molar-refractivity contribution in [1.29, 1.82) is 0 Å². The number of benzene rings is 1. The molecule has 0 aliphatic carbocycles. The minimum Gasteiger partial charge on any atom is -0.352 e. The summed E-state index contributed by atoms with van der Waals surface area (Å²) in [6.07, 6.45) is 1.44. The van der Waals surface area contributed by atoms with Gasteiger partial charge in [0.1, 0.15) is 11.4 Å². The molecule has 0 unspecified atom stereocenters. The number of amides is 1. The normalized spacial score (nSPS) is 11.2. The summed E-state index contributed by atoms with van der Waals surface area (Å²) in [6.45, 7) is 3.73. The number of rotatable bonds is 4. The molecule has 0 radical (unpaired) electrons. The topological polar surface area (TPSA) is 64.0 Å². The lowest BCUT2D eigenvalue weighted by Crippen LogP contribution is -2.36. The largest absolute Gasteiger partial charge is 0.352 e. The lowest BCUT2D eigenvalue weighted by atomic mass is 10.1. The average molecular weight is 406 g/mol. The first-order valence-corrected chi connectivity index (χ1v) is 9.15. The molecular formula is C17H16BrN3O2S. The Labute approximate surface area is 151 Å². The van der Waals surface area contributed by atoms with E-state index >= 15 is 0 Å². The fraction of sp³-hybridized carbons (Fsp3) is 0.235. The van der Waals surface area contributed by atoms with Crippen LogP contribution in [0.4, 0.5) is 0 Å². The fourth-order valence-corrected chi connectivity index (χ4v) is 3.62. The van der Waals surface area contributed by atoms with Crippen LogP contribution in [0.1, 0.15) is 13.8 Å². The van der Waals surface area contributed by atoms with E-state index in [1.165, 1.54) is 22.2 Å². The van der Waals surface area contributed by atoms with Crippen LogP contribution in [-0.4, -0.2) is 21.5 Å². The van der Waals surface area contributed by atoms with Crippen LogP contribution < -0.4 is 10.9 Å². The first kappa shape index (κ1) is 16.9. The van der Waals surface area contributed by atoms with Crippen LogP contribution in [0.5, 0.6) is 0 Å². The number of halogens is 1. The Morgan fingerprint density at radius 2 is 2.04 bits per heavy atom. The van der Waals surface area contributed by atoms with Gasteiger partial charge in [0.05, 0.1) is 11.7 Å². The summed E-state index contributed by atoms with van der Waals surface area (Å²) < 4.78 is 2.33. The van der Waals surface area contributed by atoms with Gasteiger partial charge in [-0.3, -0.25) is 14.2 Å². The van der Waals surface area contributed by atoms with Gasteiger partial charge in [0, 0.05) is 21.5 Å². The molecular weight excluding hydrogens is 390 g/mol. The predicted molar refractivity (Wildman–Crippen MR) is 100 cm³/mol. The maximum Gasteiger partial charge on any atom is 0.263 e. The van der Waals surface area contributed by atoms with Gasteiger partial charge >= 0.3 is 0 Å². The summed E-state index contributed by atoms with van der Waals surface area (Å²) >= 11 is 4.84. The standard InChI is InChI=1S/C17H16BrN3O2S/c1-10(2)20-14(22)7-21-9-19-16-15(17(21)23)13(8-24-16)11-3-5-12(18)6-4-11/h3-6,8-10H,7H2,1-2H3,(H,20,22). The molecule has 3 aromatic rings. The summed E-state index contributed by atoms with van der Waals surface area (Å²) in [5.41, 5.74) is 1.60. The smallest absolute Gasteiger partial charge is 0.263 e. The van der Waals surface area contributed by atoms with E-state index in [9.17, 15) is 9.59 Å². The highest BCUT2D eigenvalue weighted by atomic mass is 79.9. The van der Waals surface area contributed by atoms with E-state index in [1.807, 2.05) is 43.5 Å². The van der Waals surface area contributed by atoms with E-state index in [4.69, 9.17) is 0 Å². The molecule has 2 aromatic heterocycles. The second kappa shape index (κ2) is 6.86. The van der Waals surface area contributed by atoms with Gasteiger partial charge < -0.3 is 5.32 Å². The van der Waals surface area contributed by atoms with Crippen molar-refractivity contribution in [3.05, 3.63) is 50.8 Å². The number of nitrogens with one attached hydrogen (secondary N) is 1. The van der Waals surface area contributed by atoms with Crippen LogP contribution in [0.25, 0.3) is 21.3 Å². The van der Waals surface area contributed by atoms with Crippen LogP contribution in [0.15, 0.2) is 45.2 Å². The Morgan fingerprint density at radius 3 is 2.71 bits per heavy atom. The summed E-state index contributed by atoms with van der Waals surface area (Å²) in [5.74, 6) is -0.200. The summed E-state index contributed by atoms with van der Waals surface area (Å²) in [5, 5.41) is 5.27.